The van der Waals surface area contributed by atoms with E-state index in [1.807, 2.05) is 18.2 Å². The molecule has 3 N–H and O–H groups in total. The lowest BCUT2D eigenvalue weighted by Crippen LogP contribution is -2.45. The Hall–Kier alpha value is -2.97. The first kappa shape index (κ1) is 21.6. The van der Waals surface area contributed by atoms with E-state index in [1.54, 1.807) is 11.1 Å². The Balaban J connectivity index is 1.36. The molecule has 3 amide bonds. The first-order valence-corrected chi connectivity index (χ1v) is 13.1. The number of nitrogens with zero attached hydrogens (tertiary/aromatic N) is 2. The number of amides is 3. The van der Waals surface area contributed by atoms with Gasteiger partial charge in [-0.2, -0.15) is 0 Å². The maximum atomic E-state index is 13.4. The molecule has 1 aromatic carbocycles. The van der Waals surface area contributed by atoms with Gasteiger partial charge in [0.2, 0.25) is 0 Å². The monoisotopic (exact) mass is 475 g/mol. The molecular weight excluding hydrogens is 446 g/mol. The van der Waals surface area contributed by atoms with Gasteiger partial charge in [0.25, 0.3) is 5.91 Å². The number of nitrogens with one attached hydrogen (secondary N) is 3. The van der Waals surface area contributed by atoms with Crippen LogP contribution in [-0.2, 0) is 0 Å². The van der Waals surface area contributed by atoms with Gasteiger partial charge < -0.3 is 16.0 Å². The van der Waals surface area contributed by atoms with Crippen LogP contribution in [0, 0.1) is 0 Å². The van der Waals surface area contributed by atoms with Crippen LogP contribution in [0.3, 0.4) is 0 Å². The molecule has 1 unspecified atom stereocenters. The molecule has 1 saturated heterocycles. The molecule has 0 bridgehead atoms. The van der Waals surface area contributed by atoms with Gasteiger partial charge in [-0.05, 0) is 61.9 Å². The fourth-order valence-electron chi connectivity index (χ4n) is 5.58. The van der Waals surface area contributed by atoms with Crippen molar-refractivity contribution in [2.75, 3.05) is 23.3 Å². The molecular formula is C26H29N5O2S. The fourth-order valence-corrected chi connectivity index (χ4v) is 6.60. The van der Waals surface area contributed by atoms with Gasteiger partial charge in [0.05, 0.1) is 22.4 Å². The Labute approximate surface area is 202 Å². The summed E-state index contributed by atoms with van der Waals surface area (Å²) in [4.78, 5) is 34.1. The minimum absolute atomic E-state index is 0.101. The van der Waals surface area contributed by atoms with Crippen molar-refractivity contribution in [3.05, 3.63) is 47.0 Å². The van der Waals surface area contributed by atoms with Crippen LogP contribution in [0.5, 0.6) is 0 Å². The number of pyridine rings is 1. The molecule has 1 aliphatic carbocycles. The molecule has 7 nitrogen and oxygen atoms in total. The van der Waals surface area contributed by atoms with Crippen molar-refractivity contribution in [1.29, 1.82) is 0 Å². The summed E-state index contributed by atoms with van der Waals surface area (Å²) in [7, 11) is 0. The van der Waals surface area contributed by atoms with Crippen LogP contribution in [-0.4, -0.2) is 36.1 Å². The first-order chi connectivity index (χ1) is 16.7. The maximum Gasteiger partial charge on any atom is 0.331 e. The fraction of sp³-hybridized carbons (Fsp3) is 0.423. The van der Waals surface area contributed by atoms with Gasteiger partial charge in [-0.15, -0.1) is 11.3 Å². The largest absolute Gasteiger partial charge is 0.347 e. The second-order valence-electron chi connectivity index (χ2n) is 9.53. The number of carbonyl (C=O) groups excluding carboxylic acids is 2. The summed E-state index contributed by atoms with van der Waals surface area (Å²) in [6, 6.07) is 10.1. The lowest BCUT2D eigenvalue weighted by atomic mass is 9.84. The van der Waals surface area contributed by atoms with Crippen molar-refractivity contribution in [2.45, 2.75) is 56.9 Å². The minimum atomic E-state index is -0.243. The third kappa shape index (κ3) is 3.84. The summed E-state index contributed by atoms with van der Waals surface area (Å²) in [6.07, 6.45) is 9.99. The first-order valence-electron chi connectivity index (χ1n) is 12.3. The molecule has 2 aliphatic heterocycles. The van der Waals surface area contributed by atoms with Gasteiger partial charge in [0.15, 0.2) is 0 Å². The van der Waals surface area contributed by atoms with Crippen LogP contribution in [0.4, 0.5) is 21.9 Å². The SMILES string of the molecule is O=C(NC1CCCNC1)c1sc2nccc3c2c1NC(=O)N3c1cccc(C2CCCCC2)c1. The standard InChI is InChI=1S/C26H29N5O2S/c32-24(29-18-9-5-12-27-15-18)23-22-21-20(11-13-28-25(21)34-23)31(26(33)30-22)19-10-4-8-17(14-19)16-6-2-1-3-7-16/h4,8,10-11,13-14,16,18,27H,1-3,5-7,9,12,15H2,(H,29,32)(H,30,33). The molecule has 3 aromatic rings. The average Bonchev–Trinajstić information content (AvgIpc) is 3.25. The van der Waals surface area contributed by atoms with Crippen molar-refractivity contribution < 1.29 is 9.59 Å². The second kappa shape index (κ2) is 9.00. The summed E-state index contributed by atoms with van der Waals surface area (Å²) in [6.45, 7) is 1.76. The topological polar surface area (TPSA) is 86.4 Å². The Kier molecular flexibility index (Phi) is 5.71. The van der Waals surface area contributed by atoms with Crippen molar-refractivity contribution >= 4 is 50.6 Å². The molecule has 6 rings (SSSR count). The summed E-state index contributed by atoms with van der Waals surface area (Å²) >= 11 is 1.34. The maximum absolute atomic E-state index is 13.4. The van der Waals surface area contributed by atoms with Gasteiger partial charge in [0.1, 0.15) is 9.71 Å². The van der Waals surface area contributed by atoms with Crippen LogP contribution in [0.1, 0.15) is 66.1 Å². The van der Waals surface area contributed by atoms with Gasteiger partial charge in [-0.1, -0.05) is 31.4 Å². The lowest BCUT2D eigenvalue weighted by molar-refractivity contribution is 0.0935. The minimum Gasteiger partial charge on any atom is -0.347 e. The molecule has 34 heavy (non-hydrogen) atoms. The Morgan fingerprint density at radius 3 is 2.82 bits per heavy atom. The van der Waals surface area contributed by atoms with E-state index in [0.29, 0.717) is 16.5 Å². The Morgan fingerprint density at radius 1 is 1.12 bits per heavy atom. The van der Waals surface area contributed by atoms with Crippen molar-refractivity contribution in [3.63, 3.8) is 0 Å². The van der Waals surface area contributed by atoms with Crippen LogP contribution in [0.2, 0.25) is 0 Å². The highest BCUT2D eigenvalue weighted by Crippen LogP contribution is 2.46. The molecule has 3 aliphatic rings. The van der Waals surface area contributed by atoms with E-state index in [-0.39, 0.29) is 18.0 Å². The highest BCUT2D eigenvalue weighted by Gasteiger charge is 2.33. The van der Waals surface area contributed by atoms with Crippen LogP contribution in [0.15, 0.2) is 36.5 Å². The quantitative estimate of drug-likeness (QED) is 0.464. The van der Waals surface area contributed by atoms with Gasteiger partial charge in [-0.3, -0.25) is 9.69 Å². The number of urea groups is 1. The Morgan fingerprint density at radius 2 is 2.00 bits per heavy atom. The van der Waals surface area contributed by atoms with Gasteiger partial charge in [0, 0.05) is 18.8 Å². The summed E-state index contributed by atoms with van der Waals surface area (Å²) in [5.74, 6) is 0.408. The number of hydrogen-bond donors (Lipinski definition) is 3. The number of hydrogen-bond acceptors (Lipinski definition) is 5. The number of carbonyl (C=O) groups is 2. The molecule has 0 spiro atoms. The van der Waals surface area contributed by atoms with Crippen molar-refractivity contribution in [3.8, 4) is 0 Å². The van der Waals surface area contributed by atoms with Crippen LogP contribution < -0.4 is 20.9 Å². The smallest absolute Gasteiger partial charge is 0.331 e. The van der Waals surface area contributed by atoms with E-state index < -0.39 is 0 Å². The molecule has 2 fully saturated rings. The third-order valence-electron chi connectivity index (χ3n) is 7.29. The number of benzene rings is 1. The van der Waals surface area contributed by atoms with E-state index in [4.69, 9.17) is 0 Å². The predicted octanol–water partition coefficient (Wildman–Crippen LogP) is 5.51. The van der Waals surface area contributed by atoms with E-state index >= 15 is 0 Å². The molecule has 2 aromatic heterocycles. The van der Waals surface area contributed by atoms with Crippen molar-refractivity contribution in [1.82, 2.24) is 15.6 Å². The highest BCUT2D eigenvalue weighted by atomic mass is 32.1. The van der Waals surface area contributed by atoms with Crippen molar-refractivity contribution in [2.24, 2.45) is 0 Å². The lowest BCUT2D eigenvalue weighted by Gasteiger charge is -2.30. The molecule has 4 heterocycles. The number of aromatic nitrogens is 1. The Bertz CT molecular complexity index is 1240. The van der Waals surface area contributed by atoms with Crippen LogP contribution >= 0.6 is 11.3 Å². The van der Waals surface area contributed by atoms with Gasteiger partial charge >= 0.3 is 6.03 Å². The third-order valence-corrected chi connectivity index (χ3v) is 8.39. The second-order valence-corrected chi connectivity index (χ2v) is 10.5. The van der Waals surface area contributed by atoms with Gasteiger partial charge in [-0.25, -0.2) is 9.78 Å². The summed E-state index contributed by atoms with van der Waals surface area (Å²) in [5.41, 5.74) is 3.50. The molecule has 176 valence electrons. The van der Waals surface area contributed by atoms with E-state index in [1.165, 1.54) is 49.0 Å². The molecule has 1 atom stereocenters. The number of thiophene rings is 1. The zero-order valence-electron chi connectivity index (χ0n) is 19.1. The summed E-state index contributed by atoms with van der Waals surface area (Å²) in [5, 5.41) is 10.3. The number of piperidine rings is 1. The zero-order valence-corrected chi connectivity index (χ0v) is 19.9. The molecule has 8 heteroatoms. The highest BCUT2D eigenvalue weighted by molar-refractivity contribution is 7.21. The van der Waals surface area contributed by atoms with E-state index in [2.05, 4.69) is 33.1 Å². The van der Waals surface area contributed by atoms with Crippen LogP contribution in [0.25, 0.3) is 10.2 Å². The summed E-state index contributed by atoms with van der Waals surface area (Å²) < 4.78 is 0. The van der Waals surface area contributed by atoms with E-state index in [0.717, 1.165) is 47.5 Å². The molecule has 0 radical (unpaired) electrons. The normalized spacial score (nSPS) is 20.9. The zero-order chi connectivity index (χ0) is 23.1. The predicted molar refractivity (Wildman–Crippen MR) is 136 cm³/mol. The average molecular weight is 476 g/mol. The van der Waals surface area contributed by atoms with E-state index in [9.17, 15) is 9.59 Å². The molecule has 1 saturated carbocycles. The number of anilines is 3. The number of rotatable bonds is 4.